The van der Waals surface area contributed by atoms with Crippen molar-refractivity contribution in [3.05, 3.63) is 99.3 Å². The number of rotatable bonds is 6. The minimum atomic E-state index is -0.0786. The van der Waals surface area contributed by atoms with E-state index in [1.165, 1.54) is 5.56 Å². The number of hydrogen-bond donors (Lipinski definition) is 0. The van der Waals surface area contributed by atoms with Crippen molar-refractivity contribution in [3.63, 3.8) is 0 Å². The Morgan fingerprint density at radius 1 is 1.00 bits per heavy atom. The van der Waals surface area contributed by atoms with Crippen LogP contribution in [0.15, 0.2) is 66.9 Å². The first-order valence-electron chi connectivity index (χ1n) is 8.73. The number of aryl methyl sites for hydroxylation is 1. The molecule has 1 heterocycles. The Bertz CT molecular complexity index is 911. The fraction of sp³-hybridized carbons (Fsp3) is 0.182. The van der Waals surface area contributed by atoms with Crippen LogP contribution in [0.5, 0.6) is 0 Å². The molecule has 27 heavy (non-hydrogen) atoms. The lowest BCUT2D eigenvalue weighted by Gasteiger charge is -2.23. The van der Waals surface area contributed by atoms with Crippen LogP contribution in [-0.4, -0.2) is 22.3 Å². The highest BCUT2D eigenvalue weighted by Crippen LogP contribution is 2.24. The fourth-order valence-corrected chi connectivity index (χ4v) is 3.07. The van der Waals surface area contributed by atoms with E-state index in [0.717, 1.165) is 11.3 Å². The molecule has 3 rings (SSSR count). The van der Waals surface area contributed by atoms with E-state index in [9.17, 15) is 4.79 Å². The summed E-state index contributed by atoms with van der Waals surface area (Å²) in [6, 6.07) is 19.0. The molecule has 0 fully saturated rings. The lowest BCUT2D eigenvalue weighted by atomic mass is 10.1. The Balaban J connectivity index is 1.81. The Labute approximate surface area is 169 Å². The molecule has 0 aliphatic rings. The molecule has 138 valence electrons. The minimum absolute atomic E-state index is 0.0786. The van der Waals surface area contributed by atoms with Gasteiger partial charge in [-0.2, -0.15) is 0 Å². The summed E-state index contributed by atoms with van der Waals surface area (Å²) in [6.45, 7) is 3.12. The number of benzene rings is 2. The number of halogens is 2. The molecule has 0 aliphatic carbocycles. The number of aromatic nitrogens is 1. The summed E-state index contributed by atoms with van der Waals surface area (Å²) in [5.41, 5.74) is 3.75. The molecule has 0 N–H and O–H groups in total. The van der Waals surface area contributed by atoms with Crippen molar-refractivity contribution in [2.75, 3.05) is 6.54 Å². The standard InChI is InChI=1S/C22H20Cl2N2O/c1-16-5-7-17(8-6-16)15-26(13-11-19-4-2-3-12-25-19)22(27)18-9-10-20(23)21(24)14-18/h2-10,12,14H,11,13,15H2,1H3. The lowest BCUT2D eigenvalue weighted by Crippen LogP contribution is -2.32. The summed E-state index contributed by atoms with van der Waals surface area (Å²) < 4.78 is 0. The maximum absolute atomic E-state index is 13.1. The summed E-state index contributed by atoms with van der Waals surface area (Å²) in [5, 5.41) is 0.814. The Hall–Kier alpha value is -2.36. The van der Waals surface area contributed by atoms with Crippen LogP contribution < -0.4 is 0 Å². The van der Waals surface area contributed by atoms with Crippen molar-refractivity contribution in [1.82, 2.24) is 9.88 Å². The largest absolute Gasteiger partial charge is 0.334 e. The van der Waals surface area contributed by atoms with Crippen LogP contribution in [0, 0.1) is 6.92 Å². The van der Waals surface area contributed by atoms with E-state index in [4.69, 9.17) is 23.2 Å². The molecule has 3 aromatic rings. The Morgan fingerprint density at radius 3 is 2.44 bits per heavy atom. The SMILES string of the molecule is Cc1ccc(CN(CCc2ccccn2)C(=O)c2ccc(Cl)c(Cl)c2)cc1. The Morgan fingerprint density at radius 2 is 1.78 bits per heavy atom. The van der Waals surface area contributed by atoms with Gasteiger partial charge >= 0.3 is 0 Å². The van der Waals surface area contributed by atoms with Crippen LogP contribution >= 0.6 is 23.2 Å². The van der Waals surface area contributed by atoms with Crippen molar-refractivity contribution in [2.45, 2.75) is 19.9 Å². The van der Waals surface area contributed by atoms with Crippen LogP contribution in [0.4, 0.5) is 0 Å². The molecule has 0 aliphatic heterocycles. The second-order valence-electron chi connectivity index (χ2n) is 6.41. The highest BCUT2D eigenvalue weighted by molar-refractivity contribution is 6.42. The fourth-order valence-electron chi connectivity index (χ4n) is 2.77. The van der Waals surface area contributed by atoms with Crippen LogP contribution in [-0.2, 0) is 13.0 Å². The maximum Gasteiger partial charge on any atom is 0.254 e. The molecule has 0 radical (unpaired) electrons. The van der Waals surface area contributed by atoms with E-state index in [0.29, 0.717) is 35.1 Å². The molecule has 1 amide bonds. The third kappa shape index (κ3) is 5.31. The van der Waals surface area contributed by atoms with E-state index in [2.05, 4.69) is 17.1 Å². The molecule has 1 aromatic heterocycles. The molecule has 2 aromatic carbocycles. The number of carbonyl (C=O) groups is 1. The van der Waals surface area contributed by atoms with Gasteiger partial charge in [0.05, 0.1) is 10.0 Å². The van der Waals surface area contributed by atoms with E-state index >= 15 is 0 Å². The average molecular weight is 399 g/mol. The third-order valence-electron chi connectivity index (χ3n) is 4.31. The van der Waals surface area contributed by atoms with Crippen molar-refractivity contribution in [2.24, 2.45) is 0 Å². The van der Waals surface area contributed by atoms with Gasteiger partial charge in [0.2, 0.25) is 0 Å². The molecular formula is C22H20Cl2N2O. The van der Waals surface area contributed by atoms with Crippen LogP contribution in [0.2, 0.25) is 10.0 Å². The van der Waals surface area contributed by atoms with Crippen molar-refractivity contribution < 1.29 is 4.79 Å². The maximum atomic E-state index is 13.1. The Kier molecular flexibility index (Phi) is 6.49. The molecule has 0 saturated heterocycles. The number of nitrogens with zero attached hydrogens (tertiary/aromatic N) is 2. The molecular weight excluding hydrogens is 379 g/mol. The predicted molar refractivity (Wildman–Crippen MR) is 110 cm³/mol. The van der Waals surface area contributed by atoms with Gasteiger partial charge in [0, 0.05) is 37.0 Å². The smallest absolute Gasteiger partial charge is 0.254 e. The molecule has 5 heteroatoms. The van der Waals surface area contributed by atoms with Gasteiger partial charge < -0.3 is 4.90 Å². The monoisotopic (exact) mass is 398 g/mol. The number of amides is 1. The number of hydrogen-bond acceptors (Lipinski definition) is 2. The normalized spacial score (nSPS) is 10.6. The number of pyridine rings is 1. The molecule has 0 unspecified atom stereocenters. The summed E-state index contributed by atoms with van der Waals surface area (Å²) in [7, 11) is 0. The second kappa shape index (κ2) is 9.03. The van der Waals surface area contributed by atoms with Gasteiger partial charge in [0.25, 0.3) is 5.91 Å². The zero-order chi connectivity index (χ0) is 19.2. The summed E-state index contributed by atoms with van der Waals surface area (Å²) in [4.78, 5) is 19.3. The summed E-state index contributed by atoms with van der Waals surface area (Å²) >= 11 is 12.1. The van der Waals surface area contributed by atoms with Gasteiger partial charge in [-0.1, -0.05) is 59.1 Å². The molecule has 3 nitrogen and oxygen atoms in total. The van der Waals surface area contributed by atoms with Crippen LogP contribution in [0.25, 0.3) is 0 Å². The topological polar surface area (TPSA) is 33.2 Å². The predicted octanol–water partition coefficient (Wildman–Crippen LogP) is 5.58. The van der Waals surface area contributed by atoms with Gasteiger partial charge in [0.1, 0.15) is 0 Å². The second-order valence-corrected chi connectivity index (χ2v) is 7.23. The number of carbonyl (C=O) groups excluding carboxylic acids is 1. The summed E-state index contributed by atoms with van der Waals surface area (Å²) in [6.07, 6.45) is 2.44. The van der Waals surface area contributed by atoms with Gasteiger partial charge in [-0.3, -0.25) is 9.78 Å². The third-order valence-corrected chi connectivity index (χ3v) is 5.05. The van der Waals surface area contributed by atoms with Crippen LogP contribution in [0.3, 0.4) is 0 Å². The van der Waals surface area contributed by atoms with E-state index < -0.39 is 0 Å². The first-order chi connectivity index (χ1) is 13.0. The van der Waals surface area contributed by atoms with Gasteiger partial charge in [0.15, 0.2) is 0 Å². The first-order valence-corrected chi connectivity index (χ1v) is 9.48. The highest BCUT2D eigenvalue weighted by Gasteiger charge is 2.17. The van der Waals surface area contributed by atoms with E-state index in [-0.39, 0.29) is 5.91 Å². The van der Waals surface area contributed by atoms with E-state index in [1.807, 2.05) is 42.2 Å². The highest BCUT2D eigenvalue weighted by atomic mass is 35.5. The first kappa shape index (κ1) is 19.4. The van der Waals surface area contributed by atoms with Crippen molar-refractivity contribution in [3.8, 4) is 0 Å². The zero-order valence-corrected chi connectivity index (χ0v) is 16.5. The van der Waals surface area contributed by atoms with Gasteiger partial charge in [-0.05, 0) is 42.8 Å². The molecule has 0 saturated carbocycles. The van der Waals surface area contributed by atoms with Crippen LogP contribution in [0.1, 0.15) is 27.2 Å². The van der Waals surface area contributed by atoms with Crippen molar-refractivity contribution in [1.29, 1.82) is 0 Å². The molecule has 0 spiro atoms. The minimum Gasteiger partial charge on any atom is -0.334 e. The zero-order valence-electron chi connectivity index (χ0n) is 15.0. The summed E-state index contributed by atoms with van der Waals surface area (Å²) in [5.74, 6) is -0.0786. The van der Waals surface area contributed by atoms with Crippen molar-refractivity contribution >= 4 is 29.1 Å². The quantitative estimate of drug-likeness (QED) is 0.542. The van der Waals surface area contributed by atoms with E-state index in [1.54, 1.807) is 24.4 Å². The van der Waals surface area contributed by atoms with Gasteiger partial charge in [-0.15, -0.1) is 0 Å². The van der Waals surface area contributed by atoms with Gasteiger partial charge in [-0.25, -0.2) is 0 Å². The molecule has 0 bridgehead atoms. The average Bonchev–Trinajstić information content (AvgIpc) is 2.69. The molecule has 0 atom stereocenters. The lowest BCUT2D eigenvalue weighted by molar-refractivity contribution is 0.0744.